The number of hydrogen-bond acceptors (Lipinski definition) is 5. The Labute approximate surface area is 123 Å². The molecular formula is C14H20FN5O. The lowest BCUT2D eigenvalue weighted by Crippen LogP contribution is -2.26. The number of methoxy groups -OCH3 is 1. The fourth-order valence-corrected chi connectivity index (χ4v) is 1.92. The van der Waals surface area contributed by atoms with E-state index in [0.29, 0.717) is 17.5 Å². The number of nitrogens with zero attached hydrogens (tertiary/aromatic N) is 4. The molecule has 1 aromatic heterocycles. The molecule has 21 heavy (non-hydrogen) atoms. The Morgan fingerprint density at radius 3 is 2.76 bits per heavy atom. The Kier molecular flexibility index (Phi) is 4.85. The number of tetrazole rings is 1. The van der Waals surface area contributed by atoms with Crippen LogP contribution in [0.2, 0.25) is 0 Å². The monoisotopic (exact) mass is 293 g/mol. The Morgan fingerprint density at radius 1 is 1.33 bits per heavy atom. The van der Waals surface area contributed by atoms with Crippen LogP contribution >= 0.6 is 0 Å². The third kappa shape index (κ3) is 3.55. The van der Waals surface area contributed by atoms with Crippen molar-refractivity contribution < 1.29 is 9.13 Å². The molecule has 0 saturated heterocycles. The normalized spacial score (nSPS) is 12.7. The summed E-state index contributed by atoms with van der Waals surface area (Å²) in [5.74, 6) is 1.21. The van der Waals surface area contributed by atoms with Crippen LogP contribution in [0.15, 0.2) is 18.2 Å². The molecule has 114 valence electrons. The fourth-order valence-electron chi connectivity index (χ4n) is 1.92. The minimum atomic E-state index is -0.402. The van der Waals surface area contributed by atoms with E-state index in [9.17, 15) is 4.39 Å². The molecule has 2 rings (SSSR count). The SMILES string of the molecule is COc1ccc(F)c(-n2nnnc2C(C)NCC(C)C)c1. The van der Waals surface area contributed by atoms with Crippen LogP contribution in [-0.4, -0.2) is 33.9 Å². The van der Waals surface area contributed by atoms with E-state index in [0.717, 1.165) is 6.54 Å². The highest BCUT2D eigenvalue weighted by Crippen LogP contribution is 2.22. The maximum atomic E-state index is 14.0. The summed E-state index contributed by atoms with van der Waals surface area (Å²) in [6.45, 7) is 7.01. The van der Waals surface area contributed by atoms with E-state index in [4.69, 9.17) is 4.74 Å². The van der Waals surface area contributed by atoms with Gasteiger partial charge in [-0.25, -0.2) is 4.39 Å². The first kappa shape index (κ1) is 15.4. The predicted octanol–water partition coefficient (Wildman–Crippen LogP) is 2.12. The topological polar surface area (TPSA) is 64.9 Å². The molecule has 1 N–H and O–H groups in total. The van der Waals surface area contributed by atoms with Gasteiger partial charge in [-0.1, -0.05) is 13.8 Å². The quantitative estimate of drug-likeness (QED) is 0.883. The summed E-state index contributed by atoms with van der Waals surface area (Å²) in [4.78, 5) is 0. The van der Waals surface area contributed by atoms with Crippen LogP contribution in [0.4, 0.5) is 4.39 Å². The van der Waals surface area contributed by atoms with Crippen molar-refractivity contribution in [1.82, 2.24) is 25.5 Å². The molecule has 0 amide bonds. The van der Waals surface area contributed by atoms with Gasteiger partial charge in [0.15, 0.2) is 5.82 Å². The molecular weight excluding hydrogens is 273 g/mol. The van der Waals surface area contributed by atoms with Gasteiger partial charge in [0.2, 0.25) is 0 Å². The van der Waals surface area contributed by atoms with E-state index in [1.807, 2.05) is 6.92 Å². The van der Waals surface area contributed by atoms with Crippen LogP contribution < -0.4 is 10.1 Å². The molecule has 0 saturated carbocycles. The highest BCUT2D eigenvalue weighted by molar-refractivity contribution is 5.40. The van der Waals surface area contributed by atoms with Crippen molar-refractivity contribution in [3.8, 4) is 11.4 Å². The summed E-state index contributed by atoms with van der Waals surface area (Å²) in [5, 5.41) is 14.9. The average Bonchev–Trinajstić information content (AvgIpc) is 2.94. The first-order chi connectivity index (χ1) is 10.0. The van der Waals surface area contributed by atoms with Crippen LogP contribution in [0, 0.1) is 11.7 Å². The van der Waals surface area contributed by atoms with Crippen molar-refractivity contribution in [3.05, 3.63) is 29.8 Å². The summed E-state index contributed by atoms with van der Waals surface area (Å²) in [7, 11) is 1.53. The molecule has 0 fully saturated rings. The summed E-state index contributed by atoms with van der Waals surface area (Å²) >= 11 is 0. The Balaban J connectivity index is 2.31. The van der Waals surface area contributed by atoms with Crippen molar-refractivity contribution in [2.24, 2.45) is 5.92 Å². The maximum Gasteiger partial charge on any atom is 0.173 e. The zero-order valence-electron chi connectivity index (χ0n) is 12.7. The van der Waals surface area contributed by atoms with Crippen LogP contribution in [0.5, 0.6) is 5.75 Å². The Hall–Kier alpha value is -2.02. The summed E-state index contributed by atoms with van der Waals surface area (Å²) in [6, 6.07) is 4.38. The van der Waals surface area contributed by atoms with Gasteiger partial charge in [-0.05, 0) is 41.9 Å². The molecule has 2 aromatic rings. The van der Waals surface area contributed by atoms with E-state index in [2.05, 4.69) is 34.7 Å². The van der Waals surface area contributed by atoms with Gasteiger partial charge >= 0.3 is 0 Å². The molecule has 1 aromatic carbocycles. The van der Waals surface area contributed by atoms with Crippen molar-refractivity contribution >= 4 is 0 Å². The average molecular weight is 293 g/mol. The molecule has 0 radical (unpaired) electrons. The molecule has 1 unspecified atom stereocenters. The molecule has 0 aliphatic rings. The molecule has 1 atom stereocenters. The number of nitrogens with one attached hydrogen (secondary N) is 1. The molecule has 6 nitrogen and oxygen atoms in total. The Morgan fingerprint density at radius 2 is 2.10 bits per heavy atom. The molecule has 7 heteroatoms. The molecule has 0 bridgehead atoms. The zero-order chi connectivity index (χ0) is 15.4. The summed E-state index contributed by atoms with van der Waals surface area (Å²) in [6.07, 6.45) is 0. The lowest BCUT2D eigenvalue weighted by Gasteiger charge is -2.15. The third-order valence-corrected chi connectivity index (χ3v) is 3.09. The minimum Gasteiger partial charge on any atom is -0.497 e. The second kappa shape index (κ2) is 6.62. The van der Waals surface area contributed by atoms with E-state index >= 15 is 0 Å². The zero-order valence-corrected chi connectivity index (χ0v) is 12.7. The lowest BCUT2D eigenvalue weighted by molar-refractivity contribution is 0.412. The number of benzene rings is 1. The van der Waals surface area contributed by atoms with Crippen LogP contribution in [0.1, 0.15) is 32.6 Å². The van der Waals surface area contributed by atoms with Crippen molar-refractivity contribution in [3.63, 3.8) is 0 Å². The summed E-state index contributed by atoms with van der Waals surface area (Å²) < 4.78 is 20.6. The highest BCUT2D eigenvalue weighted by atomic mass is 19.1. The third-order valence-electron chi connectivity index (χ3n) is 3.09. The van der Waals surface area contributed by atoms with Gasteiger partial charge in [0.25, 0.3) is 0 Å². The smallest absolute Gasteiger partial charge is 0.173 e. The van der Waals surface area contributed by atoms with Crippen molar-refractivity contribution in [2.45, 2.75) is 26.8 Å². The maximum absolute atomic E-state index is 14.0. The van der Waals surface area contributed by atoms with Gasteiger partial charge in [0, 0.05) is 6.07 Å². The van der Waals surface area contributed by atoms with Gasteiger partial charge in [0.05, 0.1) is 13.2 Å². The Bertz CT molecular complexity index is 599. The minimum absolute atomic E-state index is 0.0898. The van der Waals surface area contributed by atoms with Crippen LogP contribution in [0.25, 0.3) is 5.69 Å². The second-order valence-corrected chi connectivity index (χ2v) is 5.29. The predicted molar refractivity (Wildman–Crippen MR) is 76.9 cm³/mol. The molecule has 0 spiro atoms. The standard InChI is InChI=1S/C14H20FN5O/c1-9(2)8-16-10(3)14-17-18-19-20(14)13-7-11(21-4)5-6-12(13)15/h5-7,9-10,16H,8H2,1-4H3. The van der Waals surface area contributed by atoms with Gasteiger partial charge in [-0.3, -0.25) is 0 Å². The number of ether oxygens (including phenoxy) is 1. The van der Waals surface area contributed by atoms with E-state index in [-0.39, 0.29) is 11.7 Å². The summed E-state index contributed by atoms with van der Waals surface area (Å²) in [5.41, 5.74) is 0.271. The van der Waals surface area contributed by atoms with Crippen molar-refractivity contribution in [2.75, 3.05) is 13.7 Å². The van der Waals surface area contributed by atoms with Crippen LogP contribution in [-0.2, 0) is 0 Å². The van der Waals surface area contributed by atoms with E-state index in [1.165, 1.54) is 17.9 Å². The van der Waals surface area contributed by atoms with E-state index in [1.54, 1.807) is 12.1 Å². The highest BCUT2D eigenvalue weighted by Gasteiger charge is 2.18. The van der Waals surface area contributed by atoms with Crippen molar-refractivity contribution in [1.29, 1.82) is 0 Å². The first-order valence-corrected chi connectivity index (χ1v) is 6.88. The number of rotatable bonds is 6. The fraction of sp³-hybridized carbons (Fsp3) is 0.500. The van der Waals surface area contributed by atoms with Gasteiger partial charge < -0.3 is 10.1 Å². The second-order valence-electron chi connectivity index (χ2n) is 5.29. The van der Waals surface area contributed by atoms with Gasteiger partial charge in [0.1, 0.15) is 17.3 Å². The molecule has 0 aliphatic heterocycles. The van der Waals surface area contributed by atoms with Crippen LogP contribution in [0.3, 0.4) is 0 Å². The molecule has 1 heterocycles. The van der Waals surface area contributed by atoms with Gasteiger partial charge in [-0.15, -0.1) is 5.10 Å². The lowest BCUT2D eigenvalue weighted by atomic mass is 10.2. The molecule has 0 aliphatic carbocycles. The number of aromatic nitrogens is 4. The van der Waals surface area contributed by atoms with E-state index < -0.39 is 5.82 Å². The largest absolute Gasteiger partial charge is 0.497 e. The number of hydrogen-bond donors (Lipinski definition) is 1. The number of halogens is 1. The first-order valence-electron chi connectivity index (χ1n) is 6.88. The van der Waals surface area contributed by atoms with Gasteiger partial charge in [-0.2, -0.15) is 4.68 Å².